The second-order valence-corrected chi connectivity index (χ2v) is 4.60. The average molecular weight is 272 g/mol. The van der Waals surface area contributed by atoms with Crippen LogP contribution in [-0.2, 0) is 0 Å². The fourth-order valence-electron chi connectivity index (χ4n) is 1.57. The lowest BCUT2D eigenvalue weighted by Gasteiger charge is -2.29. The molecule has 0 spiro atoms. The number of nitrogens with one attached hydrogen (secondary N) is 2. The van der Waals surface area contributed by atoms with Gasteiger partial charge in [0, 0.05) is 23.9 Å². The fourth-order valence-corrected chi connectivity index (χ4v) is 2.04. The summed E-state index contributed by atoms with van der Waals surface area (Å²) in [6, 6.07) is 2.67. The van der Waals surface area contributed by atoms with Gasteiger partial charge in [0.1, 0.15) is 5.69 Å². The fraction of sp³-hybridized carbons (Fsp3) is 0.583. The van der Waals surface area contributed by atoms with Gasteiger partial charge in [-0.2, -0.15) is 5.10 Å². The quantitative estimate of drug-likeness (QED) is 0.771. The molecule has 1 rings (SSSR count). The summed E-state index contributed by atoms with van der Waals surface area (Å²) in [6.45, 7) is 4.61. The number of hydrogen-bond donors (Lipinski definition) is 2. The number of amides is 1. The van der Waals surface area contributed by atoms with Crippen LogP contribution in [0, 0.1) is 5.41 Å². The summed E-state index contributed by atoms with van der Waals surface area (Å²) in [5.74, 6) is 0.196. The first kappa shape index (κ1) is 14.7. The van der Waals surface area contributed by atoms with Crippen molar-refractivity contribution in [1.29, 1.82) is 0 Å². The molecule has 0 atom stereocenters. The van der Waals surface area contributed by atoms with Gasteiger partial charge in [0.2, 0.25) is 0 Å². The minimum Gasteiger partial charge on any atom is -0.350 e. The van der Waals surface area contributed by atoms with E-state index in [2.05, 4.69) is 29.4 Å². The van der Waals surface area contributed by atoms with Crippen LogP contribution in [0.15, 0.2) is 16.9 Å². The number of halogens is 1. The molecule has 1 amide bonds. The first-order chi connectivity index (χ1) is 8.56. The molecule has 0 aliphatic rings. The summed E-state index contributed by atoms with van der Waals surface area (Å²) in [7, 11) is 0. The van der Waals surface area contributed by atoms with Gasteiger partial charge >= 0.3 is 0 Å². The number of aromatic nitrogens is 2. The molecule has 1 aromatic heterocycles. The van der Waals surface area contributed by atoms with Gasteiger partial charge in [-0.1, -0.05) is 13.8 Å². The Morgan fingerprint density at radius 2 is 2.11 bits per heavy atom. The van der Waals surface area contributed by atoms with Crippen LogP contribution < -0.4 is 10.9 Å². The molecular weight excluding hydrogens is 254 g/mol. The molecule has 2 N–H and O–H groups in total. The first-order valence-electron chi connectivity index (χ1n) is 5.97. The second kappa shape index (κ2) is 6.54. The van der Waals surface area contributed by atoms with E-state index in [1.54, 1.807) is 0 Å². The van der Waals surface area contributed by atoms with Crippen molar-refractivity contribution < 1.29 is 4.79 Å². The molecule has 6 heteroatoms. The second-order valence-electron chi connectivity index (χ2n) is 4.33. The lowest BCUT2D eigenvalue weighted by molar-refractivity contribution is 0.0925. The van der Waals surface area contributed by atoms with Crippen molar-refractivity contribution in [1.82, 2.24) is 15.5 Å². The zero-order valence-corrected chi connectivity index (χ0v) is 11.4. The molecule has 18 heavy (non-hydrogen) atoms. The number of carbonyl (C=O) groups is 1. The van der Waals surface area contributed by atoms with Crippen LogP contribution in [0.25, 0.3) is 0 Å². The van der Waals surface area contributed by atoms with E-state index in [-0.39, 0.29) is 22.6 Å². The van der Waals surface area contributed by atoms with Crippen molar-refractivity contribution in [2.75, 3.05) is 12.4 Å². The largest absolute Gasteiger partial charge is 0.350 e. The maximum Gasteiger partial charge on any atom is 0.271 e. The Morgan fingerprint density at radius 1 is 1.44 bits per heavy atom. The molecule has 0 aromatic carbocycles. The van der Waals surface area contributed by atoms with Crippen molar-refractivity contribution in [3.05, 3.63) is 28.2 Å². The van der Waals surface area contributed by atoms with Crippen LogP contribution in [0.3, 0.4) is 0 Å². The number of aromatic amines is 1. The third kappa shape index (κ3) is 3.57. The minimum atomic E-state index is -0.330. The third-order valence-corrected chi connectivity index (χ3v) is 3.89. The molecule has 0 aliphatic carbocycles. The Morgan fingerprint density at radius 3 is 2.56 bits per heavy atom. The smallest absolute Gasteiger partial charge is 0.271 e. The molecule has 0 unspecified atom stereocenters. The molecule has 0 saturated carbocycles. The Balaban J connectivity index is 2.65. The number of hydrogen-bond acceptors (Lipinski definition) is 3. The summed E-state index contributed by atoms with van der Waals surface area (Å²) in [4.78, 5) is 22.6. The highest BCUT2D eigenvalue weighted by molar-refractivity contribution is 6.18. The maximum atomic E-state index is 11.8. The zero-order chi connectivity index (χ0) is 13.6. The number of alkyl halides is 1. The molecule has 0 aliphatic heterocycles. The molecular formula is C12H18ClN3O2. The van der Waals surface area contributed by atoms with Crippen molar-refractivity contribution in [2.45, 2.75) is 26.7 Å². The molecule has 1 aromatic rings. The summed E-state index contributed by atoms with van der Waals surface area (Å²) in [5.41, 5.74) is -0.214. The summed E-state index contributed by atoms with van der Waals surface area (Å²) in [5, 5.41) is 8.71. The van der Waals surface area contributed by atoms with Crippen LogP contribution in [0.2, 0.25) is 0 Å². The summed E-state index contributed by atoms with van der Waals surface area (Å²) >= 11 is 5.96. The SMILES string of the molecule is CCC(CC)(CCl)CNC(=O)c1ccc(=O)[nH]n1. The number of rotatable bonds is 6. The first-order valence-corrected chi connectivity index (χ1v) is 6.50. The molecule has 0 fully saturated rings. The topological polar surface area (TPSA) is 74.8 Å². The van der Waals surface area contributed by atoms with E-state index in [9.17, 15) is 9.59 Å². The van der Waals surface area contributed by atoms with Gasteiger partial charge in [0.05, 0.1) is 0 Å². The van der Waals surface area contributed by atoms with Gasteiger partial charge in [-0.3, -0.25) is 9.59 Å². The highest BCUT2D eigenvalue weighted by Crippen LogP contribution is 2.26. The lowest BCUT2D eigenvalue weighted by atomic mass is 9.84. The predicted molar refractivity (Wildman–Crippen MR) is 70.9 cm³/mol. The Kier molecular flexibility index (Phi) is 5.34. The van der Waals surface area contributed by atoms with E-state index >= 15 is 0 Å². The van der Waals surface area contributed by atoms with Crippen molar-refractivity contribution >= 4 is 17.5 Å². The van der Waals surface area contributed by atoms with Crippen LogP contribution in [0.4, 0.5) is 0 Å². The van der Waals surface area contributed by atoms with E-state index < -0.39 is 0 Å². The minimum absolute atomic E-state index is 0.0839. The van der Waals surface area contributed by atoms with Crippen LogP contribution in [0.1, 0.15) is 37.2 Å². The van der Waals surface area contributed by atoms with Crippen LogP contribution in [-0.4, -0.2) is 28.5 Å². The number of nitrogens with zero attached hydrogens (tertiary/aromatic N) is 1. The number of H-pyrrole nitrogens is 1. The Labute approximate surface area is 111 Å². The molecule has 0 saturated heterocycles. The van der Waals surface area contributed by atoms with Gasteiger partial charge in [0.25, 0.3) is 11.5 Å². The molecule has 0 bridgehead atoms. The van der Waals surface area contributed by atoms with Crippen molar-refractivity contribution in [3.8, 4) is 0 Å². The number of carbonyl (C=O) groups excluding carboxylic acids is 1. The zero-order valence-electron chi connectivity index (χ0n) is 10.6. The highest BCUT2D eigenvalue weighted by Gasteiger charge is 2.26. The van der Waals surface area contributed by atoms with E-state index in [1.165, 1.54) is 12.1 Å². The summed E-state index contributed by atoms with van der Waals surface area (Å²) in [6.07, 6.45) is 1.79. The van der Waals surface area contributed by atoms with Gasteiger partial charge in [0.15, 0.2) is 0 Å². The maximum absolute atomic E-state index is 11.8. The third-order valence-electron chi connectivity index (χ3n) is 3.32. The average Bonchev–Trinajstić information content (AvgIpc) is 2.41. The molecule has 1 heterocycles. The standard InChI is InChI=1S/C12H18ClN3O2/c1-3-12(4-2,7-13)8-14-11(18)9-5-6-10(17)16-15-9/h5-6H,3-4,7-8H2,1-2H3,(H,14,18)(H,16,17). The van der Waals surface area contributed by atoms with Crippen molar-refractivity contribution in [3.63, 3.8) is 0 Å². The predicted octanol–water partition coefficient (Wildman–Crippen LogP) is 1.54. The van der Waals surface area contributed by atoms with Crippen LogP contribution in [0.5, 0.6) is 0 Å². The van der Waals surface area contributed by atoms with E-state index in [4.69, 9.17) is 11.6 Å². The van der Waals surface area contributed by atoms with Crippen LogP contribution >= 0.6 is 11.6 Å². The normalized spacial score (nSPS) is 11.3. The molecule has 5 nitrogen and oxygen atoms in total. The Hall–Kier alpha value is -1.36. The Bertz CT molecular complexity index is 426. The lowest BCUT2D eigenvalue weighted by Crippen LogP contribution is -2.38. The van der Waals surface area contributed by atoms with Gasteiger partial charge < -0.3 is 5.32 Å². The van der Waals surface area contributed by atoms with Gasteiger partial charge in [-0.15, -0.1) is 11.6 Å². The van der Waals surface area contributed by atoms with E-state index in [0.29, 0.717) is 12.4 Å². The molecule has 0 radical (unpaired) electrons. The molecule has 100 valence electrons. The van der Waals surface area contributed by atoms with E-state index in [0.717, 1.165) is 12.8 Å². The van der Waals surface area contributed by atoms with Gasteiger partial charge in [-0.05, 0) is 18.9 Å². The van der Waals surface area contributed by atoms with Gasteiger partial charge in [-0.25, -0.2) is 5.10 Å². The van der Waals surface area contributed by atoms with Crippen molar-refractivity contribution in [2.24, 2.45) is 5.41 Å². The highest BCUT2D eigenvalue weighted by atomic mass is 35.5. The monoisotopic (exact) mass is 271 g/mol. The van der Waals surface area contributed by atoms with E-state index in [1.807, 2.05) is 0 Å². The summed E-state index contributed by atoms with van der Waals surface area (Å²) < 4.78 is 0.